The summed E-state index contributed by atoms with van der Waals surface area (Å²) in [6.45, 7) is 8.08. The van der Waals surface area contributed by atoms with Crippen LogP contribution in [0.5, 0.6) is 5.75 Å². The van der Waals surface area contributed by atoms with Gasteiger partial charge >= 0.3 is 0 Å². The predicted octanol–water partition coefficient (Wildman–Crippen LogP) is 2.90. The van der Waals surface area contributed by atoms with Gasteiger partial charge in [0.05, 0.1) is 11.5 Å². The Morgan fingerprint density at radius 3 is 2.45 bits per heavy atom. The Hall–Kier alpha value is -1.23. The van der Waals surface area contributed by atoms with Crippen molar-refractivity contribution in [1.82, 2.24) is 0 Å². The van der Waals surface area contributed by atoms with Gasteiger partial charge in [-0.1, -0.05) is 20.8 Å². The van der Waals surface area contributed by atoms with Crippen LogP contribution < -0.4 is 10.5 Å². The van der Waals surface area contributed by atoms with Gasteiger partial charge in [0.25, 0.3) is 0 Å². The lowest BCUT2D eigenvalue weighted by molar-refractivity contribution is 0.335. The van der Waals surface area contributed by atoms with Crippen LogP contribution in [0.15, 0.2) is 12.1 Å². The molecule has 5 heteroatoms. The van der Waals surface area contributed by atoms with E-state index in [2.05, 4.69) is 13.8 Å². The van der Waals surface area contributed by atoms with Gasteiger partial charge in [0.2, 0.25) is 0 Å². The predicted molar refractivity (Wildman–Crippen MR) is 84.1 cm³/mol. The fourth-order valence-corrected chi connectivity index (χ4v) is 3.15. The molecule has 0 saturated heterocycles. The summed E-state index contributed by atoms with van der Waals surface area (Å²) in [6, 6.07) is 3.80. The minimum atomic E-state index is -3.00. The fourth-order valence-electron chi connectivity index (χ4n) is 1.98. The second-order valence-corrected chi connectivity index (χ2v) is 7.71. The molecule has 1 rings (SSSR count). The van der Waals surface area contributed by atoms with E-state index >= 15 is 0 Å². The molecule has 0 atom stereocenters. The lowest BCUT2D eigenvalue weighted by Gasteiger charge is -2.16. The highest BCUT2D eigenvalue weighted by Crippen LogP contribution is 2.30. The summed E-state index contributed by atoms with van der Waals surface area (Å²) in [6.07, 6.45) is 0.639. The molecular formula is C15H25NO3S. The van der Waals surface area contributed by atoms with E-state index in [9.17, 15) is 8.42 Å². The van der Waals surface area contributed by atoms with Crippen LogP contribution in [0, 0.1) is 6.92 Å². The van der Waals surface area contributed by atoms with Crippen molar-refractivity contribution in [3.05, 3.63) is 23.3 Å². The molecule has 0 fully saturated rings. The van der Waals surface area contributed by atoms with E-state index in [1.165, 1.54) is 0 Å². The average molecular weight is 299 g/mol. The molecule has 0 aliphatic carbocycles. The first-order chi connectivity index (χ1) is 9.26. The quantitative estimate of drug-likeness (QED) is 0.786. The maximum atomic E-state index is 11.7. The van der Waals surface area contributed by atoms with Crippen LogP contribution in [0.2, 0.25) is 0 Å². The highest BCUT2D eigenvalue weighted by atomic mass is 32.2. The van der Waals surface area contributed by atoms with Gasteiger partial charge in [-0.3, -0.25) is 0 Å². The number of benzene rings is 1. The molecule has 20 heavy (non-hydrogen) atoms. The lowest BCUT2D eigenvalue weighted by atomic mass is 9.99. The van der Waals surface area contributed by atoms with Crippen molar-refractivity contribution >= 4 is 15.5 Å². The van der Waals surface area contributed by atoms with Gasteiger partial charge in [0, 0.05) is 5.69 Å². The number of nitrogens with two attached hydrogens (primary N) is 1. The fraction of sp³-hybridized carbons (Fsp3) is 0.600. The largest absolute Gasteiger partial charge is 0.492 e. The van der Waals surface area contributed by atoms with E-state index in [0.717, 1.165) is 22.6 Å². The summed E-state index contributed by atoms with van der Waals surface area (Å²) in [5.41, 5.74) is 8.61. The van der Waals surface area contributed by atoms with Crippen molar-refractivity contribution in [2.75, 3.05) is 23.8 Å². The summed E-state index contributed by atoms with van der Waals surface area (Å²) in [7, 11) is -3.00. The Balaban J connectivity index is 2.80. The van der Waals surface area contributed by atoms with Gasteiger partial charge in [-0.05, 0) is 42.5 Å². The number of nitrogen functional groups attached to an aromatic ring is 1. The van der Waals surface area contributed by atoms with Crippen LogP contribution >= 0.6 is 0 Å². The van der Waals surface area contributed by atoms with Crippen LogP contribution in [0.3, 0.4) is 0 Å². The molecule has 2 N–H and O–H groups in total. The molecule has 0 bridgehead atoms. The third-order valence-corrected chi connectivity index (χ3v) is 5.01. The number of aryl methyl sites for hydroxylation is 1. The first-order valence-corrected chi connectivity index (χ1v) is 8.82. The summed E-state index contributed by atoms with van der Waals surface area (Å²) in [5.74, 6) is 1.29. The van der Waals surface area contributed by atoms with E-state index in [-0.39, 0.29) is 24.0 Å². The van der Waals surface area contributed by atoms with E-state index in [4.69, 9.17) is 10.5 Å². The minimum Gasteiger partial charge on any atom is -0.492 e. The van der Waals surface area contributed by atoms with Crippen molar-refractivity contribution in [1.29, 1.82) is 0 Å². The summed E-state index contributed by atoms with van der Waals surface area (Å²) in [5, 5.41) is 0. The first-order valence-electron chi connectivity index (χ1n) is 7.00. The SMILES string of the molecule is CCCS(=O)(=O)CCOc1cc(C)c(N)cc1C(C)C. The van der Waals surface area contributed by atoms with Crippen LogP contribution in [0.25, 0.3) is 0 Å². The van der Waals surface area contributed by atoms with Gasteiger partial charge in [-0.25, -0.2) is 8.42 Å². The third kappa shape index (κ3) is 4.71. The first kappa shape index (κ1) is 16.8. The zero-order valence-corrected chi connectivity index (χ0v) is 13.6. The molecule has 1 aromatic rings. The second kappa shape index (κ2) is 6.97. The Bertz CT molecular complexity index is 550. The zero-order valence-electron chi connectivity index (χ0n) is 12.8. The molecule has 0 aliphatic heterocycles. The zero-order chi connectivity index (χ0) is 15.3. The highest BCUT2D eigenvalue weighted by molar-refractivity contribution is 7.91. The Morgan fingerprint density at radius 2 is 1.90 bits per heavy atom. The molecule has 0 aliphatic rings. The molecule has 1 aromatic carbocycles. The molecule has 0 unspecified atom stereocenters. The van der Waals surface area contributed by atoms with Crippen LogP contribution in [-0.2, 0) is 9.84 Å². The van der Waals surface area contributed by atoms with E-state index in [1.807, 2.05) is 26.0 Å². The van der Waals surface area contributed by atoms with Crippen LogP contribution in [0.1, 0.15) is 44.2 Å². The van der Waals surface area contributed by atoms with Crippen molar-refractivity contribution in [3.8, 4) is 5.75 Å². The van der Waals surface area contributed by atoms with Crippen LogP contribution in [-0.4, -0.2) is 26.5 Å². The topological polar surface area (TPSA) is 69.4 Å². The number of hydrogen-bond donors (Lipinski definition) is 1. The molecule has 4 nitrogen and oxygen atoms in total. The lowest BCUT2D eigenvalue weighted by Crippen LogP contribution is -2.17. The van der Waals surface area contributed by atoms with Crippen LogP contribution in [0.4, 0.5) is 5.69 Å². The number of hydrogen-bond acceptors (Lipinski definition) is 4. The number of sulfone groups is 1. The monoisotopic (exact) mass is 299 g/mol. The molecule has 0 aromatic heterocycles. The standard InChI is InChI=1S/C15H25NO3S/c1-5-7-20(17,18)8-6-19-15-9-12(4)14(16)10-13(15)11(2)3/h9-11H,5-8,16H2,1-4H3. The normalized spacial score (nSPS) is 11.8. The molecule has 114 valence electrons. The number of rotatable bonds is 7. The van der Waals surface area contributed by atoms with Gasteiger partial charge in [-0.2, -0.15) is 0 Å². The molecule has 0 heterocycles. The molecule has 0 radical (unpaired) electrons. The maximum absolute atomic E-state index is 11.7. The van der Waals surface area contributed by atoms with Crippen molar-refractivity contribution in [2.45, 2.75) is 40.0 Å². The second-order valence-electron chi connectivity index (χ2n) is 5.40. The molecular weight excluding hydrogens is 274 g/mol. The number of anilines is 1. The summed E-state index contributed by atoms with van der Waals surface area (Å²) >= 11 is 0. The Labute approximate surface area is 122 Å². The van der Waals surface area contributed by atoms with E-state index < -0.39 is 9.84 Å². The van der Waals surface area contributed by atoms with E-state index in [1.54, 1.807) is 0 Å². The molecule has 0 saturated carbocycles. The van der Waals surface area contributed by atoms with E-state index in [0.29, 0.717) is 6.42 Å². The van der Waals surface area contributed by atoms with Crippen molar-refractivity contribution in [2.24, 2.45) is 0 Å². The minimum absolute atomic E-state index is 0.0573. The number of ether oxygens (including phenoxy) is 1. The van der Waals surface area contributed by atoms with Crippen molar-refractivity contribution < 1.29 is 13.2 Å². The molecule has 0 spiro atoms. The van der Waals surface area contributed by atoms with Gasteiger partial charge in [-0.15, -0.1) is 0 Å². The highest BCUT2D eigenvalue weighted by Gasteiger charge is 2.13. The van der Waals surface area contributed by atoms with Gasteiger partial charge < -0.3 is 10.5 Å². The van der Waals surface area contributed by atoms with Crippen molar-refractivity contribution in [3.63, 3.8) is 0 Å². The average Bonchev–Trinajstić information content (AvgIpc) is 2.32. The summed E-state index contributed by atoms with van der Waals surface area (Å²) < 4.78 is 29.0. The maximum Gasteiger partial charge on any atom is 0.153 e. The van der Waals surface area contributed by atoms with Gasteiger partial charge in [0.15, 0.2) is 9.84 Å². The molecule has 0 amide bonds. The Morgan fingerprint density at radius 1 is 1.25 bits per heavy atom. The van der Waals surface area contributed by atoms with Gasteiger partial charge in [0.1, 0.15) is 12.4 Å². The Kier molecular flexibility index (Phi) is 5.87. The smallest absolute Gasteiger partial charge is 0.153 e. The summed E-state index contributed by atoms with van der Waals surface area (Å²) in [4.78, 5) is 0. The third-order valence-electron chi connectivity index (χ3n) is 3.19.